The number of ether oxygens (including phenoxy) is 2. The van der Waals surface area contributed by atoms with Gasteiger partial charge in [-0.1, -0.05) is 12.1 Å². The van der Waals surface area contributed by atoms with E-state index in [4.69, 9.17) is 27.4 Å². The Balaban J connectivity index is 1.61. The average molecular weight is 426 g/mol. The highest BCUT2D eigenvalue weighted by molar-refractivity contribution is 7.80. The van der Waals surface area contributed by atoms with Gasteiger partial charge in [0.15, 0.2) is 5.11 Å². The summed E-state index contributed by atoms with van der Waals surface area (Å²) in [4.78, 5) is 16.1. The van der Waals surface area contributed by atoms with E-state index >= 15 is 0 Å². The number of carbonyl (C=O) groups excluding carboxylic acids is 1. The van der Waals surface area contributed by atoms with E-state index in [1.807, 2.05) is 0 Å². The Kier molecular flexibility index (Phi) is 6.76. The maximum atomic E-state index is 13.0. The van der Waals surface area contributed by atoms with Gasteiger partial charge in [-0.15, -0.1) is 0 Å². The Morgan fingerprint density at radius 1 is 1.13 bits per heavy atom. The molecule has 4 N–H and O–H groups in total. The Bertz CT molecular complexity index is 1060. The minimum absolute atomic E-state index is 0.0705. The Labute approximate surface area is 178 Å². The van der Waals surface area contributed by atoms with Crippen molar-refractivity contribution in [1.82, 2.24) is 10.3 Å². The molecule has 0 saturated carbocycles. The van der Waals surface area contributed by atoms with Gasteiger partial charge >= 0.3 is 0 Å². The fourth-order valence-corrected chi connectivity index (χ4v) is 2.80. The third-order valence-electron chi connectivity index (χ3n) is 3.94. The lowest BCUT2D eigenvalue weighted by Crippen LogP contribution is -2.35. The van der Waals surface area contributed by atoms with Gasteiger partial charge in [0.2, 0.25) is 5.91 Å². The molecule has 0 unspecified atom stereocenters. The largest absolute Gasteiger partial charge is 0.494 e. The summed E-state index contributed by atoms with van der Waals surface area (Å²) in [6, 6.07) is 14.1. The first-order valence-corrected chi connectivity index (χ1v) is 9.26. The molecule has 1 heterocycles. The van der Waals surface area contributed by atoms with E-state index in [1.54, 1.807) is 48.7 Å². The molecule has 2 aromatic carbocycles. The highest BCUT2D eigenvalue weighted by Gasteiger charge is 2.11. The van der Waals surface area contributed by atoms with E-state index in [2.05, 4.69) is 15.6 Å². The van der Waals surface area contributed by atoms with Crippen molar-refractivity contribution in [2.45, 2.75) is 6.42 Å². The van der Waals surface area contributed by atoms with Crippen molar-refractivity contribution >= 4 is 34.7 Å². The van der Waals surface area contributed by atoms with Crippen molar-refractivity contribution in [3.05, 3.63) is 72.2 Å². The standard InChI is InChI=1S/C21H19FN4O3S/c1-28-18-11-15(29-16-8-9-24-19(23)12-16)6-7-17(18)25-21(30)26-20(27)10-13-2-4-14(22)5-3-13/h2-9,11-12H,10H2,1H3,(H2,23,24)(H2,25,26,27,30). The van der Waals surface area contributed by atoms with Crippen LogP contribution < -0.4 is 25.8 Å². The fourth-order valence-electron chi connectivity index (χ4n) is 2.58. The van der Waals surface area contributed by atoms with Crippen molar-refractivity contribution in [1.29, 1.82) is 0 Å². The lowest BCUT2D eigenvalue weighted by atomic mass is 10.1. The predicted molar refractivity (Wildman–Crippen MR) is 116 cm³/mol. The topological polar surface area (TPSA) is 98.5 Å². The molecule has 7 nitrogen and oxygen atoms in total. The van der Waals surface area contributed by atoms with Crippen LogP contribution >= 0.6 is 12.2 Å². The fraction of sp³-hybridized carbons (Fsp3) is 0.0952. The molecule has 30 heavy (non-hydrogen) atoms. The van der Waals surface area contributed by atoms with Gasteiger partial charge in [-0.2, -0.15) is 0 Å². The minimum Gasteiger partial charge on any atom is -0.494 e. The van der Waals surface area contributed by atoms with Crippen LogP contribution in [-0.4, -0.2) is 23.1 Å². The van der Waals surface area contributed by atoms with Crippen LogP contribution in [0.3, 0.4) is 0 Å². The number of carbonyl (C=O) groups is 1. The molecule has 1 aromatic heterocycles. The van der Waals surface area contributed by atoms with Crippen molar-refractivity contribution in [3.8, 4) is 17.2 Å². The number of hydrogen-bond acceptors (Lipinski definition) is 6. The number of benzene rings is 2. The van der Waals surface area contributed by atoms with Gasteiger partial charge in [0.05, 0.1) is 19.2 Å². The first kappa shape index (κ1) is 21.0. The lowest BCUT2D eigenvalue weighted by Gasteiger charge is -2.14. The number of nitrogens with two attached hydrogens (primary N) is 1. The molecule has 0 radical (unpaired) electrons. The third-order valence-corrected chi connectivity index (χ3v) is 4.14. The summed E-state index contributed by atoms with van der Waals surface area (Å²) in [5.41, 5.74) is 6.87. The van der Waals surface area contributed by atoms with E-state index < -0.39 is 0 Å². The molecule has 3 rings (SSSR count). The van der Waals surface area contributed by atoms with Crippen molar-refractivity contribution in [3.63, 3.8) is 0 Å². The highest BCUT2D eigenvalue weighted by Crippen LogP contribution is 2.31. The highest BCUT2D eigenvalue weighted by atomic mass is 32.1. The molecule has 0 atom stereocenters. The van der Waals surface area contributed by atoms with E-state index in [1.165, 1.54) is 19.2 Å². The second-order valence-corrected chi connectivity index (χ2v) is 6.59. The molecule has 0 aliphatic carbocycles. The molecular weight excluding hydrogens is 407 g/mol. The van der Waals surface area contributed by atoms with Crippen LogP contribution in [0.15, 0.2) is 60.8 Å². The van der Waals surface area contributed by atoms with Gasteiger partial charge in [-0.3, -0.25) is 4.79 Å². The molecular formula is C21H19FN4O3S. The number of methoxy groups -OCH3 is 1. The van der Waals surface area contributed by atoms with Gasteiger partial charge in [-0.25, -0.2) is 9.37 Å². The number of thiocarbonyl (C=S) groups is 1. The van der Waals surface area contributed by atoms with Crippen LogP contribution in [-0.2, 0) is 11.2 Å². The number of nitrogen functional groups attached to an aromatic ring is 1. The van der Waals surface area contributed by atoms with Gasteiger partial charge in [0.25, 0.3) is 0 Å². The second kappa shape index (κ2) is 9.66. The van der Waals surface area contributed by atoms with Gasteiger partial charge in [0, 0.05) is 18.3 Å². The van der Waals surface area contributed by atoms with Gasteiger partial charge < -0.3 is 25.8 Å². The molecule has 3 aromatic rings. The second-order valence-electron chi connectivity index (χ2n) is 6.19. The van der Waals surface area contributed by atoms with E-state index in [0.717, 1.165) is 0 Å². The molecule has 0 aliphatic heterocycles. The van der Waals surface area contributed by atoms with Crippen LogP contribution in [0, 0.1) is 5.82 Å². The number of aromatic nitrogens is 1. The summed E-state index contributed by atoms with van der Waals surface area (Å²) in [6.45, 7) is 0. The van der Waals surface area contributed by atoms with Crippen molar-refractivity contribution in [2.75, 3.05) is 18.2 Å². The number of hydrogen-bond donors (Lipinski definition) is 3. The summed E-state index contributed by atoms with van der Waals surface area (Å²) in [6.07, 6.45) is 1.62. The number of halogens is 1. The molecule has 0 aliphatic rings. The van der Waals surface area contributed by atoms with E-state index in [-0.39, 0.29) is 23.3 Å². The van der Waals surface area contributed by atoms with Crippen molar-refractivity contribution < 1.29 is 18.7 Å². The number of anilines is 2. The maximum Gasteiger partial charge on any atom is 0.230 e. The molecule has 1 amide bonds. The monoisotopic (exact) mass is 426 g/mol. The third kappa shape index (κ3) is 5.89. The molecule has 154 valence electrons. The number of pyridine rings is 1. The zero-order valence-electron chi connectivity index (χ0n) is 16.0. The number of nitrogens with zero attached hydrogens (tertiary/aromatic N) is 1. The first-order chi connectivity index (χ1) is 14.4. The Morgan fingerprint density at radius 3 is 2.57 bits per heavy atom. The number of nitrogens with one attached hydrogen (secondary N) is 2. The summed E-state index contributed by atoms with van der Waals surface area (Å²) in [5.74, 6) is 1.18. The Morgan fingerprint density at radius 2 is 1.87 bits per heavy atom. The Hall–Kier alpha value is -3.72. The maximum absolute atomic E-state index is 13.0. The summed E-state index contributed by atoms with van der Waals surface area (Å²) in [7, 11) is 1.50. The van der Waals surface area contributed by atoms with Gasteiger partial charge in [0.1, 0.15) is 28.9 Å². The van der Waals surface area contributed by atoms with Crippen LogP contribution in [0.5, 0.6) is 17.2 Å². The first-order valence-electron chi connectivity index (χ1n) is 8.85. The lowest BCUT2D eigenvalue weighted by molar-refractivity contribution is -0.119. The molecule has 0 fully saturated rings. The smallest absolute Gasteiger partial charge is 0.230 e. The summed E-state index contributed by atoms with van der Waals surface area (Å²) >= 11 is 5.20. The molecule has 9 heteroatoms. The number of amides is 1. The zero-order chi connectivity index (χ0) is 21.5. The molecule has 0 bridgehead atoms. The van der Waals surface area contributed by atoms with Crippen LogP contribution in [0.25, 0.3) is 0 Å². The SMILES string of the molecule is COc1cc(Oc2ccnc(N)c2)ccc1NC(=S)NC(=O)Cc1ccc(F)cc1. The normalized spacial score (nSPS) is 10.2. The van der Waals surface area contributed by atoms with Crippen LogP contribution in [0.4, 0.5) is 15.9 Å². The molecule has 0 saturated heterocycles. The van der Waals surface area contributed by atoms with Gasteiger partial charge in [-0.05, 0) is 48.1 Å². The summed E-state index contributed by atoms with van der Waals surface area (Å²) in [5, 5.41) is 5.61. The molecule has 0 spiro atoms. The minimum atomic E-state index is -0.358. The van der Waals surface area contributed by atoms with Crippen LogP contribution in [0.2, 0.25) is 0 Å². The van der Waals surface area contributed by atoms with E-state index in [0.29, 0.717) is 34.3 Å². The zero-order valence-corrected chi connectivity index (χ0v) is 16.8. The number of rotatable bonds is 6. The van der Waals surface area contributed by atoms with E-state index in [9.17, 15) is 9.18 Å². The van der Waals surface area contributed by atoms with Crippen LogP contribution in [0.1, 0.15) is 5.56 Å². The quantitative estimate of drug-likeness (QED) is 0.518. The average Bonchev–Trinajstić information content (AvgIpc) is 2.70. The predicted octanol–water partition coefficient (Wildman–Crippen LogP) is 3.66. The summed E-state index contributed by atoms with van der Waals surface area (Å²) < 4.78 is 24.1. The van der Waals surface area contributed by atoms with Crippen molar-refractivity contribution in [2.24, 2.45) is 0 Å².